The zero-order valence-corrected chi connectivity index (χ0v) is 14.6. The van der Waals surface area contributed by atoms with Crippen molar-refractivity contribution in [3.05, 3.63) is 64.7 Å². The van der Waals surface area contributed by atoms with Gasteiger partial charge in [0.15, 0.2) is 0 Å². The van der Waals surface area contributed by atoms with Gasteiger partial charge < -0.3 is 4.90 Å². The summed E-state index contributed by atoms with van der Waals surface area (Å²) in [5.74, 6) is 0.0153. The summed E-state index contributed by atoms with van der Waals surface area (Å²) < 4.78 is 27.1. The van der Waals surface area contributed by atoms with E-state index in [2.05, 4.69) is 4.72 Å². The molecular weight excluding hydrogens is 324 g/mol. The molecule has 1 N–H and O–H groups in total. The number of carbonyl (C=O) groups is 1. The first-order valence-electron chi connectivity index (χ1n) is 7.75. The number of aryl methyl sites for hydroxylation is 1. The molecule has 0 spiro atoms. The number of fused-ring (bicyclic) bond motifs is 1. The Hall–Kier alpha value is -2.18. The topological polar surface area (TPSA) is 66.5 Å². The van der Waals surface area contributed by atoms with E-state index in [-0.39, 0.29) is 18.2 Å². The Morgan fingerprint density at radius 3 is 2.46 bits per heavy atom. The standard InChI is InChI=1S/C18H20N2O3S/c1-13-3-5-14(6-4-13)12-24(22,23)19-11-15-7-8-17-16(9-15)10-18(21)20(17)2/h3-9,19H,10-12H2,1-2H3. The van der Waals surface area contributed by atoms with Crippen molar-refractivity contribution in [1.29, 1.82) is 0 Å². The monoisotopic (exact) mass is 344 g/mol. The van der Waals surface area contributed by atoms with Gasteiger partial charge >= 0.3 is 0 Å². The molecule has 2 aromatic carbocycles. The third kappa shape index (κ3) is 3.66. The van der Waals surface area contributed by atoms with Crippen LogP contribution in [0.3, 0.4) is 0 Å². The molecule has 1 aliphatic rings. The number of likely N-dealkylation sites (N-methyl/N-ethyl adjacent to an activating group) is 1. The van der Waals surface area contributed by atoms with Gasteiger partial charge in [-0.25, -0.2) is 13.1 Å². The maximum atomic E-state index is 12.2. The molecule has 0 saturated carbocycles. The minimum atomic E-state index is -3.41. The Kier molecular flexibility index (Phi) is 4.43. The highest BCUT2D eigenvalue weighted by Crippen LogP contribution is 2.28. The van der Waals surface area contributed by atoms with Crippen molar-refractivity contribution in [1.82, 2.24) is 4.72 Å². The van der Waals surface area contributed by atoms with Gasteiger partial charge in [0.25, 0.3) is 0 Å². The fourth-order valence-corrected chi connectivity index (χ4v) is 3.90. The van der Waals surface area contributed by atoms with E-state index in [4.69, 9.17) is 0 Å². The number of carbonyl (C=O) groups excluding carboxylic acids is 1. The van der Waals surface area contributed by atoms with Crippen LogP contribution in [0.2, 0.25) is 0 Å². The van der Waals surface area contributed by atoms with Gasteiger partial charge in [0.2, 0.25) is 15.9 Å². The smallest absolute Gasteiger partial charge is 0.231 e. The van der Waals surface area contributed by atoms with Crippen LogP contribution >= 0.6 is 0 Å². The summed E-state index contributed by atoms with van der Waals surface area (Å²) in [5.41, 5.74) is 4.55. The largest absolute Gasteiger partial charge is 0.315 e. The molecule has 0 saturated heterocycles. The minimum Gasteiger partial charge on any atom is -0.315 e. The number of amides is 1. The van der Waals surface area contributed by atoms with Crippen molar-refractivity contribution in [2.24, 2.45) is 0 Å². The Bertz CT molecular complexity index is 874. The van der Waals surface area contributed by atoms with Gasteiger partial charge in [-0.05, 0) is 29.7 Å². The number of sulfonamides is 1. The van der Waals surface area contributed by atoms with E-state index in [1.807, 2.05) is 49.4 Å². The van der Waals surface area contributed by atoms with E-state index in [1.165, 1.54) is 0 Å². The number of anilines is 1. The first kappa shape index (κ1) is 16.7. The van der Waals surface area contributed by atoms with Crippen molar-refractivity contribution in [2.45, 2.75) is 25.6 Å². The Morgan fingerprint density at radius 2 is 1.75 bits per heavy atom. The molecule has 0 unspecified atom stereocenters. The summed E-state index contributed by atoms with van der Waals surface area (Å²) in [6.07, 6.45) is 0.371. The molecule has 2 aromatic rings. The quantitative estimate of drug-likeness (QED) is 0.904. The zero-order chi connectivity index (χ0) is 17.3. The van der Waals surface area contributed by atoms with Crippen molar-refractivity contribution in [3.63, 3.8) is 0 Å². The number of benzene rings is 2. The lowest BCUT2D eigenvalue weighted by molar-refractivity contribution is -0.117. The molecule has 1 aliphatic heterocycles. The molecule has 0 fully saturated rings. The van der Waals surface area contributed by atoms with Crippen LogP contribution in [0.5, 0.6) is 0 Å². The number of nitrogens with zero attached hydrogens (tertiary/aromatic N) is 1. The lowest BCUT2D eigenvalue weighted by Gasteiger charge is -2.11. The second-order valence-electron chi connectivity index (χ2n) is 6.16. The molecule has 0 atom stereocenters. The highest BCUT2D eigenvalue weighted by Gasteiger charge is 2.23. The summed E-state index contributed by atoms with van der Waals surface area (Å²) in [6.45, 7) is 2.19. The van der Waals surface area contributed by atoms with Gasteiger partial charge in [-0.3, -0.25) is 4.79 Å². The Labute approximate surface area is 142 Å². The molecule has 0 radical (unpaired) electrons. The first-order chi connectivity index (χ1) is 11.3. The maximum Gasteiger partial charge on any atom is 0.231 e. The molecule has 1 amide bonds. The van der Waals surface area contributed by atoms with E-state index in [0.717, 1.165) is 27.9 Å². The van der Waals surface area contributed by atoms with Crippen LogP contribution in [0.25, 0.3) is 0 Å². The van der Waals surface area contributed by atoms with Crippen molar-refractivity contribution >= 4 is 21.6 Å². The normalized spacial score (nSPS) is 14.1. The van der Waals surface area contributed by atoms with Crippen LogP contribution < -0.4 is 9.62 Å². The van der Waals surface area contributed by atoms with Gasteiger partial charge in [-0.15, -0.1) is 0 Å². The third-order valence-electron chi connectivity index (χ3n) is 4.19. The first-order valence-corrected chi connectivity index (χ1v) is 9.40. The van der Waals surface area contributed by atoms with Gasteiger partial charge in [0, 0.05) is 19.3 Å². The van der Waals surface area contributed by atoms with Crippen LogP contribution in [0, 0.1) is 6.92 Å². The summed E-state index contributed by atoms with van der Waals surface area (Å²) in [4.78, 5) is 13.3. The van der Waals surface area contributed by atoms with Gasteiger partial charge in [-0.1, -0.05) is 42.0 Å². The number of hydrogen-bond donors (Lipinski definition) is 1. The van der Waals surface area contributed by atoms with Gasteiger partial charge in [-0.2, -0.15) is 0 Å². The average molecular weight is 344 g/mol. The number of nitrogens with one attached hydrogen (secondary N) is 1. The second kappa shape index (κ2) is 6.37. The van der Waals surface area contributed by atoms with E-state index in [0.29, 0.717) is 6.42 Å². The predicted octanol–water partition coefficient (Wildman–Crippen LogP) is 2.13. The van der Waals surface area contributed by atoms with E-state index in [1.54, 1.807) is 11.9 Å². The lowest BCUT2D eigenvalue weighted by atomic mass is 10.1. The van der Waals surface area contributed by atoms with Crippen LogP contribution in [-0.2, 0) is 33.5 Å². The average Bonchev–Trinajstić information content (AvgIpc) is 2.82. The highest BCUT2D eigenvalue weighted by molar-refractivity contribution is 7.88. The fraction of sp³-hybridized carbons (Fsp3) is 0.278. The summed E-state index contributed by atoms with van der Waals surface area (Å²) in [6, 6.07) is 13.1. The van der Waals surface area contributed by atoms with Crippen molar-refractivity contribution in [3.8, 4) is 0 Å². The van der Waals surface area contributed by atoms with Crippen molar-refractivity contribution < 1.29 is 13.2 Å². The summed E-state index contributed by atoms with van der Waals surface area (Å²) >= 11 is 0. The zero-order valence-electron chi connectivity index (χ0n) is 13.7. The Morgan fingerprint density at radius 1 is 1.08 bits per heavy atom. The van der Waals surface area contributed by atoms with E-state index in [9.17, 15) is 13.2 Å². The summed E-state index contributed by atoms with van der Waals surface area (Å²) in [7, 11) is -1.66. The molecule has 1 heterocycles. The van der Waals surface area contributed by atoms with Crippen molar-refractivity contribution in [2.75, 3.05) is 11.9 Å². The van der Waals surface area contributed by atoms with Gasteiger partial charge in [0.05, 0.1) is 12.2 Å². The SMILES string of the molecule is Cc1ccc(CS(=O)(=O)NCc2ccc3c(c2)CC(=O)N3C)cc1. The molecule has 126 valence electrons. The fourth-order valence-electron chi connectivity index (χ4n) is 2.78. The Balaban J connectivity index is 1.66. The lowest BCUT2D eigenvalue weighted by Crippen LogP contribution is -2.24. The molecule has 0 aliphatic carbocycles. The van der Waals surface area contributed by atoms with Gasteiger partial charge in [0.1, 0.15) is 0 Å². The number of rotatable bonds is 5. The third-order valence-corrected chi connectivity index (χ3v) is 5.49. The predicted molar refractivity (Wildman–Crippen MR) is 94.2 cm³/mol. The van der Waals surface area contributed by atoms with Crippen LogP contribution in [0.1, 0.15) is 22.3 Å². The molecular formula is C18H20N2O3S. The number of hydrogen-bond acceptors (Lipinski definition) is 3. The maximum absolute atomic E-state index is 12.2. The molecule has 0 aromatic heterocycles. The van der Waals surface area contributed by atoms with Crippen LogP contribution in [0.4, 0.5) is 5.69 Å². The highest BCUT2D eigenvalue weighted by atomic mass is 32.2. The van der Waals surface area contributed by atoms with Crippen LogP contribution in [0.15, 0.2) is 42.5 Å². The molecule has 24 heavy (non-hydrogen) atoms. The molecule has 3 rings (SSSR count). The van der Waals surface area contributed by atoms with Crippen LogP contribution in [-0.4, -0.2) is 21.4 Å². The summed E-state index contributed by atoms with van der Waals surface area (Å²) in [5, 5.41) is 0. The van der Waals surface area contributed by atoms with E-state index >= 15 is 0 Å². The second-order valence-corrected chi connectivity index (χ2v) is 7.97. The van der Waals surface area contributed by atoms with E-state index < -0.39 is 10.0 Å². The molecule has 0 bridgehead atoms. The molecule has 5 nitrogen and oxygen atoms in total. The molecule has 6 heteroatoms. The minimum absolute atomic E-state index is 0.0422.